The van der Waals surface area contributed by atoms with E-state index in [2.05, 4.69) is 0 Å². The van der Waals surface area contributed by atoms with Crippen LogP contribution in [0.5, 0.6) is 0 Å². The number of hydrogen-bond acceptors (Lipinski definition) is 1. The number of alkyl halides is 3. The maximum absolute atomic E-state index is 13.1. The third-order valence-electron chi connectivity index (χ3n) is 3.36. The molecule has 1 saturated carbocycles. The molecule has 1 fully saturated rings. The number of halogens is 3. The molecule has 0 bridgehead atoms. The van der Waals surface area contributed by atoms with Gasteiger partial charge in [0.2, 0.25) is 0 Å². The summed E-state index contributed by atoms with van der Waals surface area (Å²) in [5.41, 5.74) is 0. The van der Waals surface area contributed by atoms with E-state index >= 15 is 0 Å². The molecule has 0 aliphatic heterocycles. The average molecular weight is 237 g/mol. The van der Waals surface area contributed by atoms with Crippen LogP contribution in [0.1, 0.15) is 47.0 Å². The van der Waals surface area contributed by atoms with Gasteiger partial charge in [-0.1, -0.05) is 20.8 Å². The van der Waals surface area contributed by atoms with Gasteiger partial charge in [-0.3, -0.25) is 4.90 Å². The van der Waals surface area contributed by atoms with Gasteiger partial charge in [0.15, 0.2) is 0 Å². The van der Waals surface area contributed by atoms with Crippen LogP contribution in [-0.4, -0.2) is 29.2 Å². The molecule has 0 amide bonds. The summed E-state index contributed by atoms with van der Waals surface area (Å²) in [6.07, 6.45) is -1.50. The SMILES string of the molecule is CCC(C)N(C1CC1)[C@@H](C(C)C)C(F)(F)F. The van der Waals surface area contributed by atoms with E-state index in [0.29, 0.717) is 0 Å². The van der Waals surface area contributed by atoms with Gasteiger partial charge in [-0.25, -0.2) is 0 Å². The van der Waals surface area contributed by atoms with Gasteiger partial charge in [0.05, 0.1) is 0 Å². The van der Waals surface area contributed by atoms with Gasteiger partial charge < -0.3 is 0 Å². The molecule has 1 unspecified atom stereocenters. The van der Waals surface area contributed by atoms with Crippen LogP contribution in [0.3, 0.4) is 0 Å². The Morgan fingerprint density at radius 1 is 1.19 bits per heavy atom. The minimum atomic E-state index is -4.11. The maximum Gasteiger partial charge on any atom is 0.404 e. The Bertz CT molecular complexity index is 221. The van der Waals surface area contributed by atoms with Crippen molar-refractivity contribution in [3.05, 3.63) is 0 Å². The van der Waals surface area contributed by atoms with Crippen molar-refractivity contribution in [2.75, 3.05) is 0 Å². The van der Waals surface area contributed by atoms with Gasteiger partial charge >= 0.3 is 6.18 Å². The predicted molar refractivity (Wildman–Crippen MR) is 59.3 cm³/mol. The van der Waals surface area contributed by atoms with Crippen molar-refractivity contribution in [2.24, 2.45) is 5.92 Å². The molecule has 1 nitrogen and oxygen atoms in total. The summed E-state index contributed by atoms with van der Waals surface area (Å²) in [5.74, 6) is -0.380. The molecule has 0 aromatic heterocycles. The predicted octanol–water partition coefficient (Wildman–Crippen LogP) is 3.84. The Hall–Kier alpha value is -0.250. The highest BCUT2D eigenvalue weighted by Crippen LogP contribution is 2.39. The fourth-order valence-corrected chi connectivity index (χ4v) is 2.34. The minimum absolute atomic E-state index is 0.0153. The highest BCUT2D eigenvalue weighted by atomic mass is 19.4. The molecule has 96 valence electrons. The van der Waals surface area contributed by atoms with E-state index in [1.54, 1.807) is 18.7 Å². The summed E-state index contributed by atoms with van der Waals surface area (Å²) in [6.45, 7) is 7.18. The van der Waals surface area contributed by atoms with Crippen LogP contribution < -0.4 is 0 Å². The van der Waals surface area contributed by atoms with Crippen LogP contribution in [0.2, 0.25) is 0 Å². The zero-order chi connectivity index (χ0) is 12.5. The van der Waals surface area contributed by atoms with Gasteiger partial charge in [-0.05, 0) is 32.1 Å². The lowest BCUT2D eigenvalue weighted by atomic mass is 9.99. The second kappa shape index (κ2) is 4.94. The summed E-state index contributed by atoms with van der Waals surface area (Å²) in [4.78, 5) is 1.70. The van der Waals surface area contributed by atoms with Crippen molar-refractivity contribution in [3.63, 3.8) is 0 Å². The van der Waals surface area contributed by atoms with Gasteiger partial charge in [0, 0.05) is 12.1 Å². The zero-order valence-electron chi connectivity index (χ0n) is 10.5. The molecular weight excluding hydrogens is 215 g/mol. The van der Waals surface area contributed by atoms with Gasteiger partial charge in [0.1, 0.15) is 6.04 Å². The Labute approximate surface area is 96.0 Å². The monoisotopic (exact) mass is 237 g/mol. The smallest absolute Gasteiger partial charge is 0.286 e. The van der Waals surface area contributed by atoms with Crippen molar-refractivity contribution in [2.45, 2.75) is 71.3 Å². The molecule has 1 aliphatic rings. The Morgan fingerprint density at radius 2 is 1.69 bits per heavy atom. The molecule has 0 aromatic carbocycles. The lowest BCUT2D eigenvalue weighted by Gasteiger charge is -2.39. The standard InChI is InChI=1S/C12H22F3N/c1-5-9(4)16(10-6-7-10)11(8(2)3)12(13,14)15/h8-11H,5-7H2,1-4H3/t9?,11-/m0/s1. The minimum Gasteiger partial charge on any atom is -0.286 e. The fraction of sp³-hybridized carbons (Fsp3) is 1.00. The molecule has 1 rings (SSSR count). The second-order valence-corrected chi connectivity index (χ2v) is 5.17. The van der Waals surface area contributed by atoms with Crippen molar-refractivity contribution in [1.82, 2.24) is 4.90 Å². The van der Waals surface area contributed by atoms with E-state index in [0.717, 1.165) is 19.3 Å². The molecule has 1 aliphatic carbocycles. The van der Waals surface area contributed by atoms with Crippen LogP contribution in [0, 0.1) is 5.92 Å². The summed E-state index contributed by atoms with van der Waals surface area (Å²) in [6, 6.07) is -1.11. The van der Waals surface area contributed by atoms with E-state index in [4.69, 9.17) is 0 Å². The fourth-order valence-electron chi connectivity index (χ4n) is 2.34. The Kier molecular flexibility index (Phi) is 4.27. The normalized spacial score (nSPS) is 21.6. The molecule has 2 atom stereocenters. The van der Waals surface area contributed by atoms with Gasteiger partial charge in [0.25, 0.3) is 0 Å². The molecule has 0 heterocycles. The zero-order valence-corrected chi connectivity index (χ0v) is 10.5. The summed E-state index contributed by atoms with van der Waals surface area (Å²) >= 11 is 0. The Morgan fingerprint density at radius 3 is 1.94 bits per heavy atom. The highest BCUT2D eigenvalue weighted by molar-refractivity contribution is 4.95. The van der Waals surface area contributed by atoms with E-state index in [9.17, 15) is 13.2 Å². The van der Waals surface area contributed by atoms with Gasteiger partial charge in [-0.15, -0.1) is 0 Å². The lowest BCUT2D eigenvalue weighted by Crippen LogP contribution is -2.53. The van der Waals surface area contributed by atoms with Crippen LogP contribution >= 0.6 is 0 Å². The van der Waals surface area contributed by atoms with E-state index in [1.165, 1.54) is 0 Å². The van der Waals surface area contributed by atoms with E-state index in [1.807, 2.05) is 13.8 Å². The molecular formula is C12H22F3N. The molecule has 0 spiro atoms. The van der Waals surface area contributed by atoms with Crippen molar-refractivity contribution < 1.29 is 13.2 Å². The molecule has 0 N–H and O–H groups in total. The lowest BCUT2D eigenvalue weighted by molar-refractivity contribution is -0.202. The van der Waals surface area contributed by atoms with Crippen LogP contribution in [-0.2, 0) is 0 Å². The quantitative estimate of drug-likeness (QED) is 0.702. The second-order valence-electron chi connectivity index (χ2n) is 5.17. The highest BCUT2D eigenvalue weighted by Gasteiger charge is 2.50. The largest absolute Gasteiger partial charge is 0.404 e. The number of nitrogens with zero attached hydrogens (tertiary/aromatic N) is 1. The first-order chi connectivity index (χ1) is 7.29. The van der Waals surface area contributed by atoms with Crippen molar-refractivity contribution in [1.29, 1.82) is 0 Å². The maximum atomic E-state index is 13.1. The molecule has 16 heavy (non-hydrogen) atoms. The van der Waals surface area contributed by atoms with Crippen LogP contribution in [0.15, 0.2) is 0 Å². The first-order valence-electron chi connectivity index (χ1n) is 6.13. The third kappa shape index (κ3) is 3.12. The summed E-state index contributed by atoms with van der Waals surface area (Å²) in [5, 5.41) is 0. The van der Waals surface area contributed by atoms with Crippen molar-refractivity contribution >= 4 is 0 Å². The van der Waals surface area contributed by atoms with Gasteiger partial charge in [-0.2, -0.15) is 13.2 Å². The topological polar surface area (TPSA) is 3.24 Å². The van der Waals surface area contributed by atoms with Crippen LogP contribution in [0.4, 0.5) is 13.2 Å². The summed E-state index contributed by atoms with van der Waals surface area (Å²) in [7, 11) is 0. The van der Waals surface area contributed by atoms with E-state index < -0.39 is 12.2 Å². The average Bonchev–Trinajstić information content (AvgIpc) is 2.93. The molecule has 4 heteroatoms. The molecule has 0 radical (unpaired) electrons. The summed E-state index contributed by atoms with van der Waals surface area (Å²) < 4.78 is 39.2. The number of hydrogen-bond donors (Lipinski definition) is 0. The first kappa shape index (κ1) is 13.8. The number of rotatable bonds is 5. The Balaban J connectivity index is 2.87. The first-order valence-corrected chi connectivity index (χ1v) is 6.13. The molecule has 0 saturated heterocycles. The molecule has 0 aromatic rings. The van der Waals surface area contributed by atoms with Crippen LogP contribution in [0.25, 0.3) is 0 Å². The third-order valence-corrected chi connectivity index (χ3v) is 3.36. The van der Waals surface area contributed by atoms with Crippen molar-refractivity contribution in [3.8, 4) is 0 Å². The van der Waals surface area contributed by atoms with E-state index in [-0.39, 0.29) is 18.0 Å².